The Kier molecular flexibility index (Phi) is 14.5. The highest BCUT2D eigenvalue weighted by atomic mass is 35.5. The van der Waals surface area contributed by atoms with Crippen LogP contribution in [0.3, 0.4) is 0 Å². The average molecular weight is 494 g/mol. The van der Waals surface area contributed by atoms with E-state index < -0.39 is 10.0 Å². The second-order valence-electron chi connectivity index (χ2n) is 7.96. The van der Waals surface area contributed by atoms with Gasteiger partial charge in [0, 0.05) is 13.1 Å². The van der Waals surface area contributed by atoms with Crippen molar-refractivity contribution in [1.29, 1.82) is 0 Å². The summed E-state index contributed by atoms with van der Waals surface area (Å²) in [4.78, 5) is 10.7. The zero-order valence-corrected chi connectivity index (χ0v) is 21.3. The molecule has 0 spiro atoms. The lowest BCUT2D eigenvalue weighted by molar-refractivity contribution is -0.105. The van der Waals surface area contributed by atoms with E-state index in [9.17, 15) is 13.2 Å². The monoisotopic (exact) mass is 492 g/mol. The van der Waals surface area contributed by atoms with Gasteiger partial charge in [0.15, 0.2) is 0 Å². The van der Waals surface area contributed by atoms with Gasteiger partial charge in [0.05, 0.1) is 15.7 Å². The first-order valence-electron chi connectivity index (χ1n) is 11.6. The highest BCUT2D eigenvalue weighted by Gasteiger charge is 2.27. The lowest BCUT2D eigenvalue weighted by Gasteiger charge is -2.23. The van der Waals surface area contributed by atoms with Crippen molar-refractivity contribution >= 4 is 45.3 Å². The molecule has 1 aromatic carbocycles. The summed E-state index contributed by atoms with van der Waals surface area (Å²) >= 11 is 12.5. The van der Waals surface area contributed by atoms with E-state index in [0.717, 1.165) is 38.5 Å². The van der Waals surface area contributed by atoms with Crippen LogP contribution in [0.15, 0.2) is 17.0 Å². The number of hydrogen-bond acceptors (Lipinski definition) is 3. The Hall–Kier alpha value is -0.820. The quantitative estimate of drug-likeness (QED) is 0.173. The van der Waals surface area contributed by atoms with Crippen molar-refractivity contribution in [2.24, 2.45) is 0 Å². The first kappa shape index (κ1) is 28.2. The number of nitrogens with one attached hydrogen (secondary N) is 1. The Bertz CT molecular complexity index is 741. The number of carbonyl (C=O) groups is 1. The number of halogens is 2. The topological polar surface area (TPSA) is 66.5 Å². The molecule has 1 rings (SSSR count). The first-order chi connectivity index (χ1) is 14.9. The Morgan fingerprint density at radius 2 is 1.29 bits per heavy atom. The van der Waals surface area contributed by atoms with Gasteiger partial charge in [-0.1, -0.05) is 101 Å². The number of nitrogens with zero attached hydrogens (tertiary/aromatic N) is 1. The molecular formula is C23H38Cl2N2O3S. The molecule has 8 heteroatoms. The van der Waals surface area contributed by atoms with E-state index in [1.807, 2.05) is 0 Å². The van der Waals surface area contributed by atoms with Crippen LogP contribution in [0, 0.1) is 0 Å². The Labute approximate surface area is 198 Å². The minimum absolute atomic E-state index is 0.00687. The highest BCUT2D eigenvalue weighted by molar-refractivity contribution is 7.89. The van der Waals surface area contributed by atoms with E-state index in [2.05, 4.69) is 19.2 Å². The number of amides is 1. The van der Waals surface area contributed by atoms with Gasteiger partial charge < -0.3 is 5.32 Å². The molecule has 0 unspecified atom stereocenters. The molecule has 0 aliphatic carbocycles. The van der Waals surface area contributed by atoms with Crippen LogP contribution in [0.1, 0.15) is 90.9 Å². The molecule has 1 N–H and O–H groups in total. The lowest BCUT2D eigenvalue weighted by Crippen LogP contribution is -2.33. The van der Waals surface area contributed by atoms with Crippen molar-refractivity contribution in [2.45, 2.75) is 95.8 Å². The van der Waals surface area contributed by atoms with Crippen molar-refractivity contribution in [2.75, 3.05) is 18.4 Å². The van der Waals surface area contributed by atoms with Crippen molar-refractivity contribution < 1.29 is 13.2 Å². The molecule has 1 aromatic rings. The molecule has 0 bridgehead atoms. The van der Waals surface area contributed by atoms with Gasteiger partial charge in [-0.3, -0.25) is 4.79 Å². The molecule has 5 nitrogen and oxygen atoms in total. The summed E-state index contributed by atoms with van der Waals surface area (Å²) in [5.41, 5.74) is 0.291. The van der Waals surface area contributed by atoms with Crippen LogP contribution in [-0.4, -0.2) is 32.2 Å². The third kappa shape index (κ3) is 10.1. The number of unbranched alkanes of at least 4 members (excludes halogenated alkanes) is 10. The summed E-state index contributed by atoms with van der Waals surface area (Å²) in [5, 5.41) is 2.64. The number of hydrogen-bond donors (Lipinski definition) is 1. The van der Waals surface area contributed by atoms with Gasteiger partial charge in [0.1, 0.15) is 4.90 Å². The van der Waals surface area contributed by atoms with Gasteiger partial charge in [0.2, 0.25) is 16.4 Å². The molecule has 0 heterocycles. The zero-order valence-electron chi connectivity index (χ0n) is 19.0. The lowest BCUT2D eigenvalue weighted by atomic mass is 10.1. The summed E-state index contributed by atoms with van der Waals surface area (Å²) in [6.07, 6.45) is 13.6. The van der Waals surface area contributed by atoms with Gasteiger partial charge in [-0.15, -0.1) is 0 Å². The SMILES string of the molecule is CCCCCCCCN(CCCCCCCC)S(=O)(=O)c1cc(Cl)c(NC=O)cc1Cl. The summed E-state index contributed by atoms with van der Waals surface area (Å²) < 4.78 is 28.4. The fourth-order valence-corrected chi connectivity index (χ4v) is 5.86. The van der Waals surface area contributed by atoms with Crippen LogP contribution in [0.4, 0.5) is 5.69 Å². The summed E-state index contributed by atoms with van der Waals surface area (Å²) in [6.45, 7) is 5.32. The molecule has 178 valence electrons. The van der Waals surface area contributed by atoms with Crippen molar-refractivity contribution in [1.82, 2.24) is 4.31 Å². The van der Waals surface area contributed by atoms with Crippen LogP contribution in [0.25, 0.3) is 0 Å². The minimum Gasteiger partial charge on any atom is -0.327 e. The molecular weight excluding hydrogens is 455 g/mol. The van der Waals surface area contributed by atoms with Gasteiger partial charge in [-0.2, -0.15) is 4.31 Å². The third-order valence-electron chi connectivity index (χ3n) is 5.38. The highest BCUT2D eigenvalue weighted by Crippen LogP contribution is 2.33. The molecule has 31 heavy (non-hydrogen) atoms. The van der Waals surface area contributed by atoms with E-state index in [4.69, 9.17) is 23.2 Å². The smallest absolute Gasteiger partial charge is 0.244 e. The van der Waals surface area contributed by atoms with Crippen LogP contribution in [-0.2, 0) is 14.8 Å². The standard InChI is InChI=1S/C23H38Cl2N2O3S/c1-3-5-7-9-11-13-15-27(16-14-12-10-8-6-4-2)31(29,30)23-18-20(24)22(26-19-28)17-21(23)25/h17-19H,3-16H2,1-2H3,(H,26,28). The van der Waals surface area contributed by atoms with Crippen molar-refractivity contribution in [3.8, 4) is 0 Å². The minimum atomic E-state index is -3.78. The average Bonchev–Trinajstić information content (AvgIpc) is 2.73. The van der Waals surface area contributed by atoms with Gasteiger partial charge in [-0.25, -0.2) is 8.42 Å². The normalized spacial score (nSPS) is 11.8. The Balaban J connectivity index is 2.89. The largest absolute Gasteiger partial charge is 0.327 e. The summed E-state index contributed by atoms with van der Waals surface area (Å²) in [6, 6.07) is 2.72. The van der Waals surface area contributed by atoms with Gasteiger partial charge in [-0.05, 0) is 25.0 Å². The summed E-state index contributed by atoms with van der Waals surface area (Å²) in [5.74, 6) is 0. The molecule has 0 fully saturated rings. The molecule has 0 aromatic heterocycles. The Morgan fingerprint density at radius 3 is 1.77 bits per heavy atom. The van der Waals surface area contributed by atoms with E-state index in [1.54, 1.807) is 4.31 Å². The fraction of sp³-hybridized carbons (Fsp3) is 0.696. The molecule has 1 amide bonds. The second kappa shape index (κ2) is 15.9. The zero-order chi connectivity index (χ0) is 23.1. The number of rotatable bonds is 18. The molecule has 0 aliphatic rings. The second-order valence-corrected chi connectivity index (χ2v) is 10.7. The number of benzene rings is 1. The Morgan fingerprint density at radius 1 is 0.806 bits per heavy atom. The van der Waals surface area contributed by atoms with E-state index >= 15 is 0 Å². The van der Waals surface area contributed by atoms with E-state index in [1.165, 1.54) is 50.7 Å². The van der Waals surface area contributed by atoms with Crippen LogP contribution < -0.4 is 5.32 Å². The maximum absolute atomic E-state index is 13.4. The number of anilines is 1. The molecule has 0 saturated carbocycles. The predicted molar refractivity (Wildman–Crippen MR) is 132 cm³/mol. The van der Waals surface area contributed by atoms with Crippen LogP contribution >= 0.6 is 23.2 Å². The maximum atomic E-state index is 13.4. The van der Waals surface area contributed by atoms with Crippen LogP contribution in [0.5, 0.6) is 0 Å². The van der Waals surface area contributed by atoms with E-state index in [0.29, 0.717) is 25.2 Å². The van der Waals surface area contributed by atoms with E-state index in [-0.39, 0.29) is 14.9 Å². The van der Waals surface area contributed by atoms with Gasteiger partial charge in [0.25, 0.3) is 0 Å². The first-order valence-corrected chi connectivity index (χ1v) is 13.8. The predicted octanol–water partition coefficient (Wildman–Crippen LogP) is 7.27. The van der Waals surface area contributed by atoms with Crippen molar-refractivity contribution in [3.63, 3.8) is 0 Å². The fourth-order valence-electron chi connectivity index (χ4n) is 3.53. The molecule has 0 aliphatic heterocycles. The van der Waals surface area contributed by atoms with Crippen molar-refractivity contribution in [3.05, 3.63) is 22.2 Å². The number of sulfonamides is 1. The van der Waals surface area contributed by atoms with Gasteiger partial charge >= 0.3 is 0 Å². The number of carbonyl (C=O) groups excluding carboxylic acids is 1. The maximum Gasteiger partial charge on any atom is 0.244 e. The van der Waals surface area contributed by atoms with Crippen LogP contribution in [0.2, 0.25) is 10.0 Å². The molecule has 0 atom stereocenters. The third-order valence-corrected chi connectivity index (χ3v) is 8.05. The molecule has 0 radical (unpaired) electrons. The summed E-state index contributed by atoms with van der Waals surface area (Å²) in [7, 11) is -3.78. The molecule has 0 saturated heterocycles.